The fourth-order valence-electron chi connectivity index (χ4n) is 1.35. The Morgan fingerprint density at radius 2 is 2.06 bits per heavy atom. The molecule has 0 radical (unpaired) electrons. The maximum atomic E-state index is 12.6. The second-order valence-corrected chi connectivity index (χ2v) is 3.54. The molecule has 0 aromatic rings. The lowest BCUT2D eigenvalue weighted by Gasteiger charge is -2.29. The fourth-order valence-corrected chi connectivity index (χ4v) is 1.35. The molecule has 16 heavy (non-hydrogen) atoms. The number of hydrogen-bond donors (Lipinski definition) is 2. The maximum Gasteiger partial charge on any atom is 0.404 e. The first-order valence-electron chi connectivity index (χ1n) is 5.00. The first kappa shape index (κ1) is 15.2. The van der Waals surface area contributed by atoms with E-state index in [2.05, 4.69) is 5.32 Å². The Bertz CT molecular complexity index is 221. The summed E-state index contributed by atoms with van der Waals surface area (Å²) in [6.45, 7) is 0.0261. The lowest BCUT2D eigenvalue weighted by Crippen LogP contribution is -2.45. The number of nitrogens with one attached hydrogen (secondary N) is 1. The van der Waals surface area contributed by atoms with Gasteiger partial charge in [-0.2, -0.15) is 13.2 Å². The molecule has 0 saturated carbocycles. The van der Waals surface area contributed by atoms with E-state index >= 15 is 0 Å². The first-order chi connectivity index (χ1) is 7.32. The van der Waals surface area contributed by atoms with E-state index in [1.54, 1.807) is 0 Å². The van der Waals surface area contributed by atoms with Crippen LogP contribution in [-0.4, -0.2) is 50.2 Å². The summed E-state index contributed by atoms with van der Waals surface area (Å²) in [5.41, 5.74) is 5.14. The van der Waals surface area contributed by atoms with Gasteiger partial charge < -0.3 is 11.1 Å². The smallest absolute Gasteiger partial charge is 0.359 e. The highest BCUT2D eigenvalue weighted by molar-refractivity contribution is 5.75. The van der Waals surface area contributed by atoms with Crippen LogP contribution in [0.3, 0.4) is 0 Å². The fraction of sp³-hybridized carbons (Fsp3) is 0.889. The van der Waals surface area contributed by atoms with Crippen LogP contribution in [0.25, 0.3) is 0 Å². The number of carbonyl (C=O) groups is 1. The quantitative estimate of drug-likeness (QED) is 0.704. The average Bonchev–Trinajstić information content (AvgIpc) is 2.20. The molecule has 0 aromatic carbocycles. The van der Waals surface area contributed by atoms with Gasteiger partial charge in [-0.25, -0.2) is 0 Å². The number of amides is 1. The van der Waals surface area contributed by atoms with Gasteiger partial charge >= 0.3 is 6.18 Å². The molecule has 0 fully saturated rings. The maximum absolute atomic E-state index is 12.6. The number of nitrogens with two attached hydrogens (primary N) is 1. The number of nitrogens with zero attached hydrogens (tertiary/aromatic N) is 1. The Balaban J connectivity index is 4.28. The van der Waals surface area contributed by atoms with E-state index in [-0.39, 0.29) is 31.8 Å². The molecule has 7 heteroatoms. The third kappa shape index (κ3) is 5.32. The zero-order chi connectivity index (χ0) is 12.8. The van der Waals surface area contributed by atoms with Crippen molar-refractivity contribution in [2.24, 2.45) is 5.73 Å². The van der Waals surface area contributed by atoms with Crippen molar-refractivity contribution < 1.29 is 18.0 Å². The number of halogens is 3. The first-order valence-corrected chi connectivity index (χ1v) is 5.00. The molecule has 0 bridgehead atoms. The molecule has 1 amide bonds. The normalized spacial score (nSPS) is 13.9. The average molecular weight is 241 g/mol. The van der Waals surface area contributed by atoms with Gasteiger partial charge in [0.1, 0.15) is 6.04 Å². The van der Waals surface area contributed by atoms with Gasteiger partial charge in [0.15, 0.2) is 0 Å². The molecular formula is C9H18F3N3O. The zero-order valence-corrected chi connectivity index (χ0v) is 9.47. The summed E-state index contributed by atoms with van der Waals surface area (Å²) in [5.74, 6) is -0.277. The molecule has 4 nitrogen and oxygen atoms in total. The van der Waals surface area contributed by atoms with Crippen LogP contribution in [0.4, 0.5) is 13.2 Å². The monoisotopic (exact) mass is 241 g/mol. The molecule has 3 N–H and O–H groups in total. The third-order valence-corrected chi connectivity index (χ3v) is 2.32. The largest absolute Gasteiger partial charge is 0.404 e. The SMILES string of the molecule is CNC(=O)CCN(C)C(CCN)C(F)(F)F. The van der Waals surface area contributed by atoms with Gasteiger partial charge in [-0.15, -0.1) is 0 Å². The summed E-state index contributed by atoms with van der Waals surface area (Å²) in [6, 6.07) is -1.58. The van der Waals surface area contributed by atoms with Crippen molar-refractivity contribution in [3.05, 3.63) is 0 Å². The van der Waals surface area contributed by atoms with Gasteiger partial charge in [-0.3, -0.25) is 9.69 Å². The van der Waals surface area contributed by atoms with Crippen molar-refractivity contribution in [2.45, 2.75) is 25.1 Å². The van der Waals surface area contributed by atoms with Crippen LogP contribution in [0.5, 0.6) is 0 Å². The van der Waals surface area contributed by atoms with Gasteiger partial charge in [-0.05, 0) is 20.0 Å². The lowest BCUT2D eigenvalue weighted by molar-refractivity contribution is -0.181. The number of alkyl halides is 3. The van der Waals surface area contributed by atoms with Crippen LogP contribution in [0, 0.1) is 0 Å². The molecule has 0 spiro atoms. The molecule has 0 rings (SSSR count). The highest BCUT2D eigenvalue weighted by Crippen LogP contribution is 2.26. The molecular weight excluding hydrogens is 223 g/mol. The van der Waals surface area contributed by atoms with Crippen LogP contribution in [0.1, 0.15) is 12.8 Å². The molecule has 0 aliphatic heterocycles. The van der Waals surface area contributed by atoms with E-state index in [1.165, 1.54) is 14.1 Å². The minimum absolute atomic E-state index is 0.0332. The predicted octanol–water partition coefficient (Wildman–Crippen LogP) is 0.334. The van der Waals surface area contributed by atoms with Crippen molar-refractivity contribution in [3.63, 3.8) is 0 Å². The molecule has 1 unspecified atom stereocenters. The highest BCUT2D eigenvalue weighted by atomic mass is 19.4. The van der Waals surface area contributed by atoms with Gasteiger partial charge in [0.05, 0.1) is 0 Å². The van der Waals surface area contributed by atoms with Gasteiger partial charge in [0.2, 0.25) is 5.91 Å². The Hall–Kier alpha value is -0.820. The van der Waals surface area contributed by atoms with Gasteiger partial charge in [-0.1, -0.05) is 0 Å². The van der Waals surface area contributed by atoms with E-state index in [0.29, 0.717) is 0 Å². The number of carbonyl (C=O) groups excluding carboxylic acids is 1. The standard InChI is InChI=1S/C9H18F3N3O/c1-14-8(16)4-6-15(2)7(3-5-13)9(10,11)12/h7H,3-6,13H2,1-2H3,(H,14,16). The Kier molecular flexibility index (Phi) is 6.35. The summed E-state index contributed by atoms with van der Waals surface area (Å²) in [5, 5.41) is 2.36. The third-order valence-electron chi connectivity index (χ3n) is 2.32. The number of hydrogen-bond acceptors (Lipinski definition) is 3. The summed E-state index contributed by atoms with van der Waals surface area (Å²) < 4.78 is 37.7. The van der Waals surface area contributed by atoms with Crippen LogP contribution < -0.4 is 11.1 Å². The molecule has 0 aliphatic rings. The summed E-state index contributed by atoms with van der Waals surface area (Å²) in [4.78, 5) is 12.0. The van der Waals surface area contributed by atoms with E-state index < -0.39 is 12.2 Å². The summed E-state index contributed by atoms with van der Waals surface area (Å²) >= 11 is 0. The van der Waals surface area contributed by atoms with Crippen LogP contribution >= 0.6 is 0 Å². The van der Waals surface area contributed by atoms with Crippen molar-refractivity contribution >= 4 is 5.91 Å². The summed E-state index contributed by atoms with van der Waals surface area (Å²) in [7, 11) is 2.79. The molecule has 0 saturated heterocycles. The van der Waals surface area contributed by atoms with E-state index in [0.717, 1.165) is 4.90 Å². The van der Waals surface area contributed by atoms with Crippen molar-refractivity contribution in [1.29, 1.82) is 0 Å². The Morgan fingerprint density at radius 3 is 2.44 bits per heavy atom. The molecule has 96 valence electrons. The molecule has 0 heterocycles. The lowest BCUT2D eigenvalue weighted by atomic mass is 10.1. The van der Waals surface area contributed by atoms with Crippen molar-refractivity contribution in [2.75, 3.05) is 27.2 Å². The van der Waals surface area contributed by atoms with E-state index in [4.69, 9.17) is 5.73 Å². The second-order valence-electron chi connectivity index (χ2n) is 3.54. The van der Waals surface area contributed by atoms with E-state index in [9.17, 15) is 18.0 Å². The van der Waals surface area contributed by atoms with Crippen molar-refractivity contribution in [1.82, 2.24) is 10.2 Å². The molecule has 1 atom stereocenters. The topological polar surface area (TPSA) is 58.4 Å². The summed E-state index contributed by atoms with van der Waals surface area (Å²) in [6.07, 6.45) is -4.42. The minimum atomic E-state index is -4.31. The zero-order valence-electron chi connectivity index (χ0n) is 9.47. The van der Waals surface area contributed by atoms with E-state index in [1.807, 2.05) is 0 Å². The van der Waals surface area contributed by atoms with Crippen LogP contribution in [0.15, 0.2) is 0 Å². The highest BCUT2D eigenvalue weighted by Gasteiger charge is 2.41. The van der Waals surface area contributed by atoms with Crippen molar-refractivity contribution in [3.8, 4) is 0 Å². The predicted molar refractivity (Wildman–Crippen MR) is 54.8 cm³/mol. The Morgan fingerprint density at radius 1 is 1.50 bits per heavy atom. The van der Waals surface area contributed by atoms with Crippen LogP contribution in [0.2, 0.25) is 0 Å². The minimum Gasteiger partial charge on any atom is -0.359 e. The second kappa shape index (κ2) is 6.70. The molecule has 0 aromatic heterocycles. The molecule has 0 aliphatic carbocycles. The van der Waals surface area contributed by atoms with Gasteiger partial charge in [0.25, 0.3) is 0 Å². The number of rotatable bonds is 6. The van der Waals surface area contributed by atoms with Gasteiger partial charge in [0, 0.05) is 20.0 Å². The van der Waals surface area contributed by atoms with Crippen LogP contribution in [-0.2, 0) is 4.79 Å². The Labute approximate surface area is 93.0 Å².